The Morgan fingerprint density at radius 3 is 2.96 bits per heavy atom. The quantitative estimate of drug-likeness (QED) is 0.929. The molecule has 120 valence electrons. The lowest BCUT2D eigenvalue weighted by Gasteiger charge is -2.32. The number of morpholine rings is 1. The molecule has 1 aromatic heterocycles. The summed E-state index contributed by atoms with van der Waals surface area (Å²) in [6, 6.07) is 11.9. The predicted octanol–water partition coefficient (Wildman–Crippen LogP) is 1.62. The Kier molecular flexibility index (Phi) is 4.95. The van der Waals surface area contributed by atoms with Gasteiger partial charge in [-0.15, -0.1) is 0 Å². The lowest BCUT2D eigenvalue weighted by atomic mass is 10.2. The lowest BCUT2D eigenvalue weighted by Crippen LogP contribution is -2.47. The number of amides is 1. The average molecular weight is 312 g/mol. The summed E-state index contributed by atoms with van der Waals surface area (Å²) >= 11 is 0. The van der Waals surface area contributed by atoms with Crippen LogP contribution in [0.3, 0.4) is 0 Å². The molecule has 1 atom stereocenters. The van der Waals surface area contributed by atoms with Crippen molar-refractivity contribution in [3.05, 3.63) is 54.0 Å². The van der Waals surface area contributed by atoms with E-state index in [9.17, 15) is 4.79 Å². The van der Waals surface area contributed by atoms with Gasteiger partial charge in [-0.2, -0.15) is 0 Å². The topological polar surface area (TPSA) is 67.4 Å². The van der Waals surface area contributed by atoms with E-state index in [1.165, 1.54) is 5.56 Å². The Hall–Kier alpha value is -2.31. The second-order valence-corrected chi connectivity index (χ2v) is 5.56. The second kappa shape index (κ2) is 7.30. The molecular formula is C17H20N4O2. The van der Waals surface area contributed by atoms with Gasteiger partial charge in [-0.05, 0) is 18.6 Å². The summed E-state index contributed by atoms with van der Waals surface area (Å²) in [5, 5.41) is 2.80. The first-order chi connectivity index (χ1) is 11.2. The predicted molar refractivity (Wildman–Crippen MR) is 86.9 cm³/mol. The molecule has 1 aliphatic rings. The SMILES string of the molecule is Cc1nccc(NC(=O)[C@@H]2CN(Cc3ccccc3)CCO2)n1. The Morgan fingerprint density at radius 1 is 1.35 bits per heavy atom. The van der Waals surface area contributed by atoms with Gasteiger partial charge in [-0.1, -0.05) is 30.3 Å². The van der Waals surface area contributed by atoms with Gasteiger partial charge < -0.3 is 10.1 Å². The Morgan fingerprint density at radius 2 is 2.17 bits per heavy atom. The zero-order chi connectivity index (χ0) is 16.1. The van der Waals surface area contributed by atoms with E-state index in [0.29, 0.717) is 24.8 Å². The molecular weight excluding hydrogens is 292 g/mol. The molecule has 1 saturated heterocycles. The largest absolute Gasteiger partial charge is 0.366 e. The van der Waals surface area contributed by atoms with Crippen LogP contribution in [0.4, 0.5) is 5.82 Å². The molecule has 0 spiro atoms. The van der Waals surface area contributed by atoms with Crippen LogP contribution in [-0.4, -0.2) is 46.6 Å². The van der Waals surface area contributed by atoms with E-state index < -0.39 is 6.10 Å². The molecule has 1 aromatic carbocycles. The molecule has 0 unspecified atom stereocenters. The van der Waals surface area contributed by atoms with Crippen LogP contribution >= 0.6 is 0 Å². The Labute approximate surface area is 135 Å². The van der Waals surface area contributed by atoms with Gasteiger partial charge in [0.05, 0.1) is 6.61 Å². The highest BCUT2D eigenvalue weighted by molar-refractivity contribution is 5.93. The van der Waals surface area contributed by atoms with Gasteiger partial charge in [0.2, 0.25) is 0 Å². The van der Waals surface area contributed by atoms with Crippen LogP contribution in [0.25, 0.3) is 0 Å². The molecule has 1 fully saturated rings. The van der Waals surface area contributed by atoms with E-state index >= 15 is 0 Å². The molecule has 6 heteroatoms. The van der Waals surface area contributed by atoms with Crippen molar-refractivity contribution in [2.45, 2.75) is 19.6 Å². The third-order valence-electron chi connectivity index (χ3n) is 3.72. The number of benzene rings is 1. The normalized spacial score (nSPS) is 18.6. The van der Waals surface area contributed by atoms with Crippen LogP contribution < -0.4 is 5.32 Å². The van der Waals surface area contributed by atoms with Crippen molar-refractivity contribution in [3.8, 4) is 0 Å². The van der Waals surface area contributed by atoms with E-state index in [4.69, 9.17) is 4.74 Å². The van der Waals surface area contributed by atoms with Gasteiger partial charge in [0.25, 0.3) is 5.91 Å². The minimum absolute atomic E-state index is 0.166. The third kappa shape index (κ3) is 4.34. The Bertz CT molecular complexity index is 663. The number of rotatable bonds is 4. The van der Waals surface area contributed by atoms with E-state index in [1.807, 2.05) is 18.2 Å². The van der Waals surface area contributed by atoms with Gasteiger partial charge in [0.15, 0.2) is 0 Å². The number of carbonyl (C=O) groups is 1. The van der Waals surface area contributed by atoms with Crippen molar-refractivity contribution in [3.63, 3.8) is 0 Å². The lowest BCUT2D eigenvalue weighted by molar-refractivity contribution is -0.133. The van der Waals surface area contributed by atoms with Gasteiger partial charge in [0, 0.05) is 25.8 Å². The van der Waals surface area contributed by atoms with Gasteiger partial charge in [0.1, 0.15) is 17.7 Å². The van der Waals surface area contributed by atoms with Crippen LogP contribution in [0.15, 0.2) is 42.6 Å². The fourth-order valence-corrected chi connectivity index (χ4v) is 2.58. The van der Waals surface area contributed by atoms with Crippen molar-refractivity contribution in [1.29, 1.82) is 0 Å². The van der Waals surface area contributed by atoms with E-state index in [-0.39, 0.29) is 5.91 Å². The molecule has 1 amide bonds. The van der Waals surface area contributed by atoms with Crippen molar-refractivity contribution in [2.75, 3.05) is 25.0 Å². The van der Waals surface area contributed by atoms with Gasteiger partial charge in [-0.25, -0.2) is 9.97 Å². The molecule has 2 aromatic rings. The smallest absolute Gasteiger partial charge is 0.255 e. The first kappa shape index (κ1) is 15.6. The van der Waals surface area contributed by atoms with E-state index in [0.717, 1.165) is 13.1 Å². The molecule has 0 bridgehead atoms. The number of anilines is 1. The summed E-state index contributed by atoms with van der Waals surface area (Å²) in [5.41, 5.74) is 1.24. The minimum atomic E-state index is -0.484. The number of hydrogen-bond acceptors (Lipinski definition) is 5. The summed E-state index contributed by atoms with van der Waals surface area (Å²) in [6.07, 6.45) is 1.14. The Balaban J connectivity index is 1.58. The molecule has 0 aliphatic carbocycles. The summed E-state index contributed by atoms with van der Waals surface area (Å²) < 4.78 is 5.61. The number of aryl methyl sites for hydroxylation is 1. The molecule has 3 rings (SSSR count). The highest BCUT2D eigenvalue weighted by atomic mass is 16.5. The molecule has 1 aliphatic heterocycles. The highest BCUT2D eigenvalue weighted by Gasteiger charge is 2.26. The molecule has 2 heterocycles. The fraction of sp³-hybridized carbons (Fsp3) is 0.353. The monoisotopic (exact) mass is 312 g/mol. The molecule has 6 nitrogen and oxygen atoms in total. The second-order valence-electron chi connectivity index (χ2n) is 5.56. The summed E-state index contributed by atoms with van der Waals surface area (Å²) in [6.45, 7) is 4.55. The van der Waals surface area contributed by atoms with Crippen LogP contribution in [-0.2, 0) is 16.1 Å². The minimum Gasteiger partial charge on any atom is -0.366 e. The zero-order valence-electron chi connectivity index (χ0n) is 13.1. The van der Waals surface area contributed by atoms with Crippen molar-refractivity contribution < 1.29 is 9.53 Å². The number of carbonyl (C=O) groups excluding carboxylic acids is 1. The number of aromatic nitrogens is 2. The van der Waals surface area contributed by atoms with Crippen molar-refractivity contribution in [1.82, 2.24) is 14.9 Å². The number of nitrogens with one attached hydrogen (secondary N) is 1. The van der Waals surface area contributed by atoms with Crippen LogP contribution in [0.2, 0.25) is 0 Å². The maximum atomic E-state index is 12.4. The number of hydrogen-bond donors (Lipinski definition) is 1. The maximum Gasteiger partial charge on any atom is 0.255 e. The average Bonchev–Trinajstić information content (AvgIpc) is 2.56. The summed E-state index contributed by atoms with van der Waals surface area (Å²) in [5.74, 6) is 0.963. The first-order valence-corrected chi connectivity index (χ1v) is 7.69. The zero-order valence-corrected chi connectivity index (χ0v) is 13.1. The summed E-state index contributed by atoms with van der Waals surface area (Å²) in [4.78, 5) is 22.8. The van der Waals surface area contributed by atoms with Crippen LogP contribution in [0.5, 0.6) is 0 Å². The number of ether oxygens (including phenoxy) is 1. The summed E-state index contributed by atoms with van der Waals surface area (Å²) in [7, 11) is 0. The van der Waals surface area contributed by atoms with Crippen molar-refractivity contribution >= 4 is 11.7 Å². The van der Waals surface area contributed by atoms with E-state index in [1.54, 1.807) is 19.2 Å². The standard InChI is InChI=1S/C17H20N4O2/c1-13-18-8-7-16(19-13)20-17(22)15-12-21(9-10-23-15)11-14-5-3-2-4-6-14/h2-8,15H,9-12H2,1H3,(H,18,19,20,22)/t15-/m0/s1. The number of nitrogens with zero attached hydrogens (tertiary/aromatic N) is 3. The molecule has 0 radical (unpaired) electrons. The first-order valence-electron chi connectivity index (χ1n) is 7.69. The molecule has 0 saturated carbocycles. The van der Waals surface area contributed by atoms with Crippen molar-refractivity contribution in [2.24, 2.45) is 0 Å². The van der Waals surface area contributed by atoms with E-state index in [2.05, 4.69) is 32.3 Å². The third-order valence-corrected chi connectivity index (χ3v) is 3.72. The molecule has 1 N–H and O–H groups in total. The highest BCUT2D eigenvalue weighted by Crippen LogP contribution is 2.12. The maximum absolute atomic E-state index is 12.4. The van der Waals surface area contributed by atoms with Gasteiger partial charge in [-0.3, -0.25) is 9.69 Å². The van der Waals surface area contributed by atoms with Crippen LogP contribution in [0, 0.1) is 6.92 Å². The fourth-order valence-electron chi connectivity index (χ4n) is 2.58. The molecule has 23 heavy (non-hydrogen) atoms. The van der Waals surface area contributed by atoms with Gasteiger partial charge >= 0.3 is 0 Å². The van der Waals surface area contributed by atoms with Crippen LogP contribution in [0.1, 0.15) is 11.4 Å².